The Labute approximate surface area is 230 Å². The molecule has 4 aromatic rings. The van der Waals surface area contributed by atoms with Crippen molar-refractivity contribution in [2.45, 2.75) is 39.0 Å². The van der Waals surface area contributed by atoms with Gasteiger partial charge in [-0.3, -0.25) is 9.59 Å². The third kappa shape index (κ3) is 6.55. The molecule has 202 valence electrons. The average Bonchev–Trinajstić information content (AvgIpc) is 3.37. The van der Waals surface area contributed by atoms with E-state index < -0.39 is 5.92 Å². The number of hydrogen-bond donors (Lipinski definition) is 1. The van der Waals surface area contributed by atoms with Crippen molar-refractivity contribution in [3.05, 3.63) is 108 Å². The van der Waals surface area contributed by atoms with Gasteiger partial charge in [-0.2, -0.15) is 5.10 Å². The number of hydrogen-bond acceptors (Lipinski definition) is 4. The second kappa shape index (κ2) is 12.0. The molecule has 4 rings (SSSR count). The summed E-state index contributed by atoms with van der Waals surface area (Å²) in [6.45, 7) is 8.42. The highest BCUT2D eigenvalue weighted by atomic mass is 16.5. The highest BCUT2D eigenvalue weighted by Gasteiger charge is 2.28. The van der Waals surface area contributed by atoms with Crippen LogP contribution < -0.4 is 10.1 Å². The molecule has 7 nitrogen and oxygen atoms in total. The van der Waals surface area contributed by atoms with Crippen LogP contribution in [0.2, 0.25) is 0 Å². The van der Waals surface area contributed by atoms with Crippen molar-refractivity contribution in [2.75, 3.05) is 25.5 Å². The van der Waals surface area contributed by atoms with Gasteiger partial charge in [0.25, 0.3) is 0 Å². The first-order chi connectivity index (χ1) is 18.7. The fourth-order valence-electron chi connectivity index (χ4n) is 4.41. The van der Waals surface area contributed by atoms with Gasteiger partial charge in [0.1, 0.15) is 11.6 Å². The maximum atomic E-state index is 13.9. The van der Waals surface area contributed by atoms with Crippen LogP contribution in [0.1, 0.15) is 50.4 Å². The van der Waals surface area contributed by atoms with Gasteiger partial charge in [-0.1, -0.05) is 81.4 Å². The lowest BCUT2D eigenvalue weighted by Gasteiger charge is -2.26. The molecule has 0 saturated heterocycles. The summed E-state index contributed by atoms with van der Waals surface area (Å²) in [7, 11) is 1.62. The fraction of sp³-hybridized carbons (Fsp3) is 0.281. The van der Waals surface area contributed by atoms with Crippen molar-refractivity contribution in [1.82, 2.24) is 14.7 Å². The zero-order valence-electron chi connectivity index (χ0n) is 23.2. The third-order valence-corrected chi connectivity index (χ3v) is 6.60. The van der Waals surface area contributed by atoms with Crippen LogP contribution in [0.4, 0.5) is 5.82 Å². The molecule has 0 aliphatic heterocycles. The third-order valence-electron chi connectivity index (χ3n) is 6.60. The molecule has 0 aliphatic rings. The number of aromatic nitrogens is 2. The first-order valence-corrected chi connectivity index (χ1v) is 13.1. The molecule has 1 aromatic heterocycles. The molecule has 1 N–H and O–H groups in total. The number of methoxy groups -OCH3 is 1. The van der Waals surface area contributed by atoms with Crippen molar-refractivity contribution in [3.63, 3.8) is 0 Å². The second-order valence-electron chi connectivity index (χ2n) is 10.4. The number of rotatable bonds is 9. The molecule has 1 heterocycles. The lowest BCUT2D eigenvalue weighted by atomic mass is 9.90. The topological polar surface area (TPSA) is 76.5 Å². The largest absolute Gasteiger partial charge is 0.497 e. The average molecular weight is 525 g/mol. The molecule has 3 aromatic carbocycles. The molecule has 0 bridgehead atoms. The first kappa shape index (κ1) is 27.6. The van der Waals surface area contributed by atoms with Gasteiger partial charge in [0, 0.05) is 18.0 Å². The summed E-state index contributed by atoms with van der Waals surface area (Å²) in [5.41, 5.74) is 3.18. The van der Waals surface area contributed by atoms with E-state index in [1.165, 1.54) is 0 Å². The number of amides is 2. The monoisotopic (exact) mass is 524 g/mol. The number of likely N-dealkylation sites (N-methyl/N-ethyl adjacent to an activating group) is 1. The Bertz CT molecular complexity index is 1350. The number of nitrogens with zero attached hydrogens (tertiary/aromatic N) is 3. The summed E-state index contributed by atoms with van der Waals surface area (Å²) in [5, 5.41) is 7.79. The molecular weight excluding hydrogens is 488 g/mol. The van der Waals surface area contributed by atoms with Crippen LogP contribution in [0.15, 0.2) is 91.0 Å². The molecule has 0 fully saturated rings. The van der Waals surface area contributed by atoms with Crippen LogP contribution in [0.25, 0.3) is 5.69 Å². The Morgan fingerprint density at radius 2 is 1.49 bits per heavy atom. The highest BCUT2D eigenvalue weighted by Crippen LogP contribution is 2.29. The number of carbonyl (C=O) groups excluding carboxylic acids is 2. The Kier molecular flexibility index (Phi) is 8.49. The molecule has 0 aliphatic carbocycles. The summed E-state index contributed by atoms with van der Waals surface area (Å²) in [4.78, 5) is 28.8. The van der Waals surface area contributed by atoms with E-state index in [0.29, 0.717) is 12.4 Å². The van der Waals surface area contributed by atoms with Gasteiger partial charge in [-0.15, -0.1) is 0 Å². The summed E-state index contributed by atoms with van der Waals surface area (Å²) in [6.07, 6.45) is 0. The van der Waals surface area contributed by atoms with Crippen molar-refractivity contribution in [1.29, 1.82) is 0 Å². The van der Waals surface area contributed by atoms with Gasteiger partial charge in [0.05, 0.1) is 31.0 Å². The smallest absolute Gasteiger partial charge is 0.245 e. The van der Waals surface area contributed by atoms with E-state index >= 15 is 0 Å². The zero-order chi connectivity index (χ0) is 28.0. The number of ether oxygens (including phenoxy) is 1. The lowest BCUT2D eigenvalue weighted by molar-refractivity contribution is -0.135. The summed E-state index contributed by atoms with van der Waals surface area (Å²) < 4.78 is 7.00. The predicted molar refractivity (Wildman–Crippen MR) is 154 cm³/mol. The molecule has 0 unspecified atom stereocenters. The van der Waals surface area contributed by atoms with Gasteiger partial charge in [0.15, 0.2) is 0 Å². The van der Waals surface area contributed by atoms with E-state index in [2.05, 4.69) is 26.1 Å². The number of benzene rings is 3. The SMILES string of the molecule is CCN(CC(=O)Nc1cc(C(C)(C)C)nn1-c1ccc(OC)cc1)C(=O)C(c1ccccc1)c1ccccc1. The van der Waals surface area contributed by atoms with Crippen molar-refractivity contribution < 1.29 is 14.3 Å². The minimum absolute atomic E-state index is 0.0792. The van der Waals surface area contributed by atoms with Gasteiger partial charge in [-0.25, -0.2) is 4.68 Å². The molecule has 7 heteroatoms. The van der Waals surface area contributed by atoms with Crippen LogP contribution in [0.3, 0.4) is 0 Å². The molecule has 0 radical (unpaired) electrons. The molecule has 0 spiro atoms. The first-order valence-electron chi connectivity index (χ1n) is 13.1. The number of nitrogens with one attached hydrogen (secondary N) is 1. The maximum absolute atomic E-state index is 13.9. The van der Waals surface area contributed by atoms with E-state index in [9.17, 15) is 9.59 Å². The van der Waals surface area contributed by atoms with Crippen molar-refractivity contribution in [3.8, 4) is 11.4 Å². The lowest BCUT2D eigenvalue weighted by Crippen LogP contribution is -2.41. The Balaban J connectivity index is 1.59. The maximum Gasteiger partial charge on any atom is 0.245 e. The highest BCUT2D eigenvalue weighted by molar-refractivity contribution is 5.96. The Hall–Kier alpha value is -4.39. The van der Waals surface area contributed by atoms with Crippen molar-refractivity contribution >= 4 is 17.6 Å². The van der Waals surface area contributed by atoms with Crippen LogP contribution in [0.5, 0.6) is 5.75 Å². The van der Waals surface area contributed by atoms with Gasteiger partial charge in [-0.05, 0) is 42.3 Å². The van der Waals surface area contributed by atoms with E-state index in [4.69, 9.17) is 9.84 Å². The molecule has 0 saturated carbocycles. The molecular formula is C32H36N4O3. The van der Waals surface area contributed by atoms with E-state index in [1.54, 1.807) is 16.7 Å². The standard InChI is InChI=1S/C32H36N4O3/c1-6-35(31(38)30(23-13-9-7-10-14-23)24-15-11-8-12-16-24)22-29(37)33-28-21-27(32(2,3)4)34-36(28)25-17-19-26(39-5)20-18-25/h7-21,30H,6,22H2,1-5H3,(H,33,37). The van der Waals surface area contributed by atoms with E-state index in [-0.39, 0.29) is 23.8 Å². The second-order valence-corrected chi connectivity index (χ2v) is 10.4. The quantitative estimate of drug-likeness (QED) is 0.300. The van der Waals surface area contributed by atoms with E-state index in [0.717, 1.165) is 28.3 Å². The number of carbonyl (C=O) groups is 2. The molecule has 2 amide bonds. The van der Waals surface area contributed by atoms with Gasteiger partial charge in [0.2, 0.25) is 11.8 Å². The van der Waals surface area contributed by atoms with Crippen LogP contribution in [-0.4, -0.2) is 46.7 Å². The van der Waals surface area contributed by atoms with Crippen LogP contribution in [-0.2, 0) is 15.0 Å². The van der Waals surface area contributed by atoms with Crippen LogP contribution >= 0.6 is 0 Å². The molecule has 0 atom stereocenters. The summed E-state index contributed by atoms with van der Waals surface area (Å²) in [5.74, 6) is 0.360. The minimum Gasteiger partial charge on any atom is -0.497 e. The minimum atomic E-state index is -0.502. The fourth-order valence-corrected chi connectivity index (χ4v) is 4.41. The summed E-state index contributed by atoms with van der Waals surface area (Å²) >= 11 is 0. The predicted octanol–water partition coefficient (Wildman–Crippen LogP) is 5.80. The van der Waals surface area contributed by atoms with Crippen molar-refractivity contribution in [2.24, 2.45) is 0 Å². The normalized spacial score (nSPS) is 11.3. The number of anilines is 1. The Morgan fingerprint density at radius 3 is 1.97 bits per heavy atom. The Morgan fingerprint density at radius 1 is 0.923 bits per heavy atom. The molecule has 39 heavy (non-hydrogen) atoms. The zero-order valence-corrected chi connectivity index (χ0v) is 23.2. The van der Waals surface area contributed by atoms with Gasteiger partial charge < -0.3 is 15.0 Å². The van der Waals surface area contributed by atoms with Crippen LogP contribution in [0, 0.1) is 0 Å². The van der Waals surface area contributed by atoms with E-state index in [1.807, 2.05) is 97.9 Å². The summed E-state index contributed by atoms with van der Waals surface area (Å²) in [6, 6.07) is 28.7. The van der Waals surface area contributed by atoms with Gasteiger partial charge >= 0.3 is 0 Å².